The van der Waals surface area contributed by atoms with Gasteiger partial charge in [0.05, 0.1) is 6.61 Å². The fourth-order valence-corrected chi connectivity index (χ4v) is 3.11. The van der Waals surface area contributed by atoms with Crippen LogP contribution in [0.2, 0.25) is 0 Å². The molecular formula is C19H22N4O6. The van der Waals surface area contributed by atoms with E-state index in [4.69, 9.17) is 4.74 Å². The lowest BCUT2D eigenvalue weighted by Gasteiger charge is -2.29. The largest absolute Gasteiger partial charge is 0.357 e. The van der Waals surface area contributed by atoms with Gasteiger partial charge in [-0.2, -0.15) is 0 Å². The minimum atomic E-state index is -0.370. The minimum Gasteiger partial charge on any atom is -0.357 e. The SMILES string of the molecule is O=C1C=CCOCN1CCN(CCN1C(=O)C=CC1=O)CCN1C(=O)C=CC1=O. The van der Waals surface area contributed by atoms with Crippen molar-refractivity contribution in [1.29, 1.82) is 0 Å². The first kappa shape index (κ1) is 20.6. The maximum atomic E-state index is 12.1. The topological polar surface area (TPSA) is 108 Å². The van der Waals surface area contributed by atoms with Crippen molar-refractivity contribution in [2.24, 2.45) is 0 Å². The molecule has 10 heteroatoms. The van der Waals surface area contributed by atoms with Crippen molar-refractivity contribution in [2.45, 2.75) is 0 Å². The highest BCUT2D eigenvalue weighted by Gasteiger charge is 2.26. The van der Waals surface area contributed by atoms with Crippen LogP contribution < -0.4 is 0 Å². The number of imide groups is 2. The summed E-state index contributed by atoms with van der Waals surface area (Å²) in [4.78, 5) is 64.8. The fraction of sp³-hybridized carbons (Fsp3) is 0.421. The van der Waals surface area contributed by atoms with Gasteiger partial charge in [-0.3, -0.25) is 38.7 Å². The number of carbonyl (C=O) groups excluding carboxylic acids is 5. The summed E-state index contributed by atoms with van der Waals surface area (Å²) in [5, 5.41) is 0. The van der Waals surface area contributed by atoms with Crippen molar-refractivity contribution < 1.29 is 28.7 Å². The molecule has 0 N–H and O–H groups in total. The highest BCUT2D eigenvalue weighted by Crippen LogP contribution is 2.07. The number of amides is 5. The predicted octanol–water partition coefficient (Wildman–Crippen LogP) is -1.49. The molecule has 0 aromatic heterocycles. The number of hydrogen-bond donors (Lipinski definition) is 0. The van der Waals surface area contributed by atoms with Gasteiger partial charge in [-0.25, -0.2) is 0 Å². The molecule has 0 aromatic rings. The summed E-state index contributed by atoms with van der Waals surface area (Å²) in [6.07, 6.45) is 7.99. The Morgan fingerprint density at radius 1 is 0.690 bits per heavy atom. The summed E-state index contributed by atoms with van der Waals surface area (Å²) in [5.41, 5.74) is 0. The molecule has 0 spiro atoms. The van der Waals surface area contributed by atoms with Crippen molar-refractivity contribution in [1.82, 2.24) is 19.6 Å². The zero-order valence-electron chi connectivity index (χ0n) is 15.9. The molecule has 0 radical (unpaired) electrons. The first-order valence-electron chi connectivity index (χ1n) is 9.28. The van der Waals surface area contributed by atoms with Crippen molar-refractivity contribution >= 4 is 29.5 Å². The lowest BCUT2D eigenvalue weighted by molar-refractivity contribution is -0.137. The van der Waals surface area contributed by atoms with E-state index in [0.717, 1.165) is 9.80 Å². The molecule has 3 heterocycles. The second-order valence-electron chi connectivity index (χ2n) is 6.67. The Labute approximate surface area is 167 Å². The second kappa shape index (κ2) is 9.39. The van der Waals surface area contributed by atoms with E-state index in [1.165, 1.54) is 35.3 Å². The third-order valence-electron chi connectivity index (χ3n) is 4.80. The van der Waals surface area contributed by atoms with E-state index < -0.39 is 0 Å². The van der Waals surface area contributed by atoms with Crippen LogP contribution in [0.4, 0.5) is 0 Å². The predicted molar refractivity (Wildman–Crippen MR) is 99.8 cm³/mol. The van der Waals surface area contributed by atoms with Crippen molar-refractivity contribution in [3.63, 3.8) is 0 Å². The Kier molecular flexibility index (Phi) is 6.68. The van der Waals surface area contributed by atoms with Crippen molar-refractivity contribution in [3.8, 4) is 0 Å². The number of ether oxygens (including phenoxy) is 1. The summed E-state index contributed by atoms with van der Waals surface area (Å²) in [6, 6.07) is 0. The monoisotopic (exact) mass is 402 g/mol. The van der Waals surface area contributed by atoms with E-state index in [0.29, 0.717) is 32.8 Å². The molecule has 0 fully saturated rings. The van der Waals surface area contributed by atoms with Crippen LogP contribution in [0, 0.1) is 0 Å². The van der Waals surface area contributed by atoms with Gasteiger partial charge in [-0.15, -0.1) is 0 Å². The molecule has 0 saturated carbocycles. The van der Waals surface area contributed by atoms with Crippen LogP contribution in [0.25, 0.3) is 0 Å². The van der Waals surface area contributed by atoms with Gasteiger partial charge in [-0.05, 0) is 0 Å². The van der Waals surface area contributed by atoms with Crippen molar-refractivity contribution in [2.75, 3.05) is 52.6 Å². The van der Waals surface area contributed by atoms with Crippen LogP contribution in [-0.2, 0) is 28.7 Å². The summed E-state index contributed by atoms with van der Waals surface area (Å²) in [6.45, 7) is 2.37. The molecular weight excluding hydrogens is 380 g/mol. The number of hydrogen-bond acceptors (Lipinski definition) is 7. The van der Waals surface area contributed by atoms with E-state index in [-0.39, 0.29) is 49.4 Å². The molecule has 3 aliphatic rings. The Balaban J connectivity index is 1.57. The molecule has 3 aliphatic heterocycles. The average molecular weight is 402 g/mol. The summed E-state index contributed by atoms with van der Waals surface area (Å²) in [5.74, 6) is -1.64. The molecule has 0 saturated heterocycles. The van der Waals surface area contributed by atoms with Gasteiger partial charge in [0, 0.05) is 69.6 Å². The molecule has 0 bridgehead atoms. The normalized spacial score (nSPS) is 19.5. The molecule has 154 valence electrons. The van der Waals surface area contributed by atoms with Crippen LogP contribution in [0.5, 0.6) is 0 Å². The van der Waals surface area contributed by atoms with Crippen LogP contribution in [-0.4, -0.2) is 102 Å². The zero-order valence-corrected chi connectivity index (χ0v) is 15.9. The lowest BCUT2D eigenvalue weighted by atomic mass is 10.3. The molecule has 5 amide bonds. The van der Waals surface area contributed by atoms with Gasteiger partial charge < -0.3 is 9.64 Å². The van der Waals surface area contributed by atoms with E-state index >= 15 is 0 Å². The van der Waals surface area contributed by atoms with Gasteiger partial charge in [-0.1, -0.05) is 6.08 Å². The maximum Gasteiger partial charge on any atom is 0.253 e. The fourth-order valence-electron chi connectivity index (χ4n) is 3.11. The highest BCUT2D eigenvalue weighted by molar-refractivity contribution is 6.13. The average Bonchev–Trinajstić information content (AvgIpc) is 3.10. The molecule has 3 rings (SSSR count). The molecule has 29 heavy (non-hydrogen) atoms. The number of rotatable bonds is 9. The van der Waals surface area contributed by atoms with E-state index in [9.17, 15) is 24.0 Å². The first-order chi connectivity index (χ1) is 14.0. The maximum absolute atomic E-state index is 12.1. The third-order valence-corrected chi connectivity index (χ3v) is 4.80. The number of carbonyl (C=O) groups is 5. The summed E-state index contributed by atoms with van der Waals surface area (Å²) >= 11 is 0. The first-order valence-corrected chi connectivity index (χ1v) is 9.28. The Bertz CT molecular complexity index is 721. The zero-order chi connectivity index (χ0) is 20.8. The highest BCUT2D eigenvalue weighted by atomic mass is 16.5. The van der Waals surface area contributed by atoms with E-state index in [1.54, 1.807) is 6.08 Å². The van der Waals surface area contributed by atoms with Gasteiger partial charge in [0.25, 0.3) is 23.6 Å². The molecule has 0 atom stereocenters. The Hall–Kier alpha value is -3.11. The molecule has 10 nitrogen and oxygen atoms in total. The summed E-state index contributed by atoms with van der Waals surface area (Å²) < 4.78 is 5.34. The Morgan fingerprint density at radius 2 is 1.17 bits per heavy atom. The number of nitrogens with zero attached hydrogens (tertiary/aromatic N) is 4. The van der Waals surface area contributed by atoms with Crippen molar-refractivity contribution in [3.05, 3.63) is 36.5 Å². The second-order valence-corrected chi connectivity index (χ2v) is 6.67. The lowest BCUT2D eigenvalue weighted by Crippen LogP contribution is -2.45. The Morgan fingerprint density at radius 3 is 1.69 bits per heavy atom. The quantitative estimate of drug-likeness (QED) is 0.433. The smallest absolute Gasteiger partial charge is 0.253 e. The molecule has 0 aliphatic carbocycles. The third kappa shape index (κ3) is 5.24. The standard InChI is InChI=1S/C19H22N4O6/c24-15-2-1-13-29-14-21(15)10-7-20(8-11-22-16(25)3-4-17(22)26)9-12-23-18(27)5-6-19(23)28/h1-6H,7-14H2. The van der Waals surface area contributed by atoms with Crippen LogP contribution >= 0.6 is 0 Å². The van der Waals surface area contributed by atoms with Gasteiger partial charge in [0.2, 0.25) is 5.91 Å². The van der Waals surface area contributed by atoms with Gasteiger partial charge >= 0.3 is 0 Å². The molecule has 0 aromatic carbocycles. The van der Waals surface area contributed by atoms with E-state index in [2.05, 4.69) is 0 Å². The molecule has 0 unspecified atom stereocenters. The van der Waals surface area contributed by atoms with Gasteiger partial charge in [0.15, 0.2) is 0 Å². The van der Waals surface area contributed by atoms with Gasteiger partial charge in [0.1, 0.15) is 6.73 Å². The van der Waals surface area contributed by atoms with Crippen LogP contribution in [0.15, 0.2) is 36.5 Å². The minimum absolute atomic E-state index is 0.161. The summed E-state index contributed by atoms with van der Waals surface area (Å²) in [7, 11) is 0. The van der Waals surface area contributed by atoms with Crippen LogP contribution in [0.3, 0.4) is 0 Å². The van der Waals surface area contributed by atoms with E-state index in [1.807, 2.05) is 4.90 Å². The van der Waals surface area contributed by atoms with Crippen LogP contribution in [0.1, 0.15) is 0 Å².